The summed E-state index contributed by atoms with van der Waals surface area (Å²) in [7, 11) is 0. The highest BCUT2D eigenvalue weighted by Gasteiger charge is 2.15. The quantitative estimate of drug-likeness (QED) is 0.744. The molecule has 0 aliphatic carbocycles. The van der Waals surface area contributed by atoms with Crippen molar-refractivity contribution in [2.24, 2.45) is 5.92 Å². The second-order valence-electron chi connectivity index (χ2n) is 4.15. The zero-order valence-corrected chi connectivity index (χ0v) is 9.12. The first-order valence-corrected chi connectivity index (χ1v) is 5.44. The van der Waals surface area contributed by atoms with Crippen LogP contribution in [0.15, 0.2) is 18.2 Å². The van der Waals surface area contributed by atoms with E-state index in [9.17, 15) is 0 Å². The van der Waals surface area contributed by atoms with Gasteiger partial charge in [-0.15, -0.1) is 0 Å². The molecule has 0 bridgehead atoms. The largest absolute Gasteiger partial charge is 0.397 e. The molecule has 82 valence electrons. The predicted octanol–water partition coefficient (Wildman–Crippen LogP) is 2.03. The van der Waals surface area contributed by atoms with Gasteiger partial charge in [-0.2, -0.15) is 0 Å². The molecule has 0 aromatic heterocycles. The summed E-state index contributed by atoms with van der Waals surface area (Å²) in [5.74, 6) is 0.629. The maximum absolute atomic E-state index is 5.91. The zero-order valence-electron chi connectivity index (χ0n) is 9.12. The van der Waals surface area contributed by atoms with Crippen molar-refractivity contribution in [1.82, 2.24) is 0 Å². The summed E-state index contributed by atoms with van der Waals surface area (Å²) in [4.78, 5) is 0. The zero-order chi connectivity index (χ0) is 10.7. The molecular weight excluding hydrogens is 188 g/mol. The third-order valence-corrected chi connectivity index (χ3v) is 2.90. The Morgan fingerprint density at radius 3 is 3.07 bits per heavy atom. The maximum Gasteiger partial charge on any atom is 0.0603 e. The van der Waals surface area contributed by atoms with E-state index in [2.05, 4.69) is 18.3 Å². The predicted molar refractivity (Wildman–Crippen MR) is 63.0 cm³/mol. The Kier molecular flexibility index (Phi) is 3.11. The van der Waals surface area contributed by atoms with Crippen LogP contribution in [0.25, 0.3) is 0 Å². The lowest BCUT2D eigenvalue weighted by atomic mass is 10.1. The van der Waals surface area contributed by atoms with Crippen LogP contribution in [0, 0.1) is 12.8 Å². The summed E-state index contributed by atoms with van der Waals surface area (Å²) in [6.07, 6.45) is 1.15. The van der Waals surface area contributed by atoms with E-state index < -0.39 is 0 Å². The highest BCUT2D eigenvalue weighted by atomic mass is 16.5. The Bertz CT molecular complexity index is 312. The van der Waals surface area contributed by atoms with Crippen LogP contribution in [-0.2, 0) is 4.74 Å². The Hall–Kier alpha value is -1.22. The minimum absolute atomic E-state index is 0.629. The van der Waals surface area contributed by atoms with Crippen LogP contribution in [0.5, 0.6) is 0 Å². The highest BCUT2D eigenvalue weighted by Crippen LogP contribution is 2.23. The molecular formula is C12H18N2O. The van der Waals surface area contributed by atoms with Crippen molar-refractivity contribution in [1.29, 1.82) is 0 Å². The van der Waals surface area contributed by atoms with Gasteiger partial charge >= 0.3 is 0 Å². The molecule has 1 fully saturated rings. The second kappa shape index (κ2) is 4.53. The molecule has 2 rings (SSSR count). The molecule has 1 saturated heterocycles. The number of nitrogens with one attached hydrogen (secondary N) is 1. The van der Waals surface area contributed by atoms with Crippen molar-refractivity contribution in [3.05, 3.63) is 23.8 Å². The van der Waals surface area contributed by atoms with Crippen molar-refractivity contribution in [2.75, 3.05) is 30.8 Å². The van der Waals surface area contributed by atoms with Gasteiger partial charge in [-0.1, -0.05) is 12.1 Å². The molecule has 1 atom stereocenters. The Labute approximate surface area is 90.6 Å². The molecule has 0 radical (unpaired) electrons. The highest BCUT2D eigenvalue weighted by molar-refractivity contribution is 5.69. The summed E-state index contributed by atoms with van der Waals surface area (Å²) < 4.78 is 5.33. The van der Waals surface area contributed by atoms with Gasteiger partial charge in [-0.3, -0.25) is 0 Å². The number of nitrogens with two attached hydrogens (primary N) is 1. The number of benzene rings is 1. The molecule has 1 aromatic carbocycles. The van der Waals surface area contributed by atoms with Crippen molar-refractivity contribution >= 4 is 11.4 Å². The number of ether oxygens (including phenoxy) is 1. The summed E-state index contributed by atoms with van der Waals surface area (Å²) in [5.41, 5.74) is 9.02. The lowest BCUT2D eigenvalue weighted by molar-refractivity contribution is 0.187. The number of para-hydroxylation sites is 1. The molecule has 1 aromatic rings. The summed E-state index contributed by atoms with van der Waals surface area (Å²) >= 11 is 0. The first-order valence-electron chi connectivity index (χ1n) is 5.44. The third-order valence-electron chi connectivity index (χ3n) is 2.90. The molecule has 0 spiro atoms. The summed E-state index contributed by atoms with van der Waals surface area (Å²) in [5, 5.41) is 3.42. The van der Waals surface area contributed by atoms with E-state index in [1.165, 1.54) is 5.56 Å². The minimum atomic E-state index is 0.629. The number of rotatable bonds is 3. The molecule has 0 saturated carbocycles. The number of nitrogen functional groups attached to an aromatic ring is 1. The van der Waals surface area contributed by atoms with E-state index in [0.29, 0.717) is 5.92 Å². The van der Waals surface area contributed by atoms with Crippen LogP contribution in [0.4, 0.5) is 11.4 Å². The number of anilines is 2. The fourth-order valence-corrected chi connectivity index (χ4v) is 1.92. The Balaban J connectivity index is 1.97. The van der Waals surface area contributed by atoms with E-state index in [1.807, 2.05) is 12.1 Å². The molecule has 1 aliphatic rings. The van der Waals surface area contributed by atoms with Crippen molar-refractivity contribution in [3.63, 3.8) is 0 Å². The van der Waals surface area contributed by atoms with Crippen LogP contribution in [-0.4, -0.2) is 19.8 Å². The van der Waals surface area contributed by atoms with Gasteiger partial charge in [0.2, 0.25) is 0 Å². The van der Waals surface area contributed by atoms with Crippen LogP contribution < -0.4 is 11.1 Å². The Morgan fingerprint density at radius 1 is 1.53 bits per heavy atom. The van der Waals surface area contributed by atoms with E-state index in [-0.39, 0.29) is 0 Å². The van der Waals surface area contributed by atoms with Gasteiger partial charge in [0.15, 0.2) is 0 Å². The summed E-state index contributed by atoms with van der Waals surface area (Å²) in [6, 6.07) is 5.98. The third kappa shape index (κ3) is 2.42. The summed E-state index contributed by atoms with van der Waals surface area (Å²) in [6.45, 7) is 4.80. The molecule has 1 heterocycles. The van der Waals surface area contributed by atoms with Gasteiger partial charge in [0.05, 0.1) is 18.0 Å². The standard InChI is InChI=1S/C12H18N2O/c1-9-3-2-4-11(13)12(9)14-7-10-5-6-15-8-10/h2-4,10,14H,5-8,13H2,1H3. The van der Waals surface area contributed by atoms with E-state index in [1.54, 1.807) is 0 Å². The molecule has 3 N–H and O–H groups in total. The second-order valence-corrected chi connectivity index (χ2v) is 4.15. The maximum atomic E-state index is 5.91. The average molecular weight is 206 g/mol. The number of aryl methyl sites for hydroxylation is 1. The van der Waals surface area contributed by atoms with Crippen molar-refractivity contribution in [2.45, 2.75) is 13.3 Å². The molecule has 0 amide bonds. The van der Waals surface area contributed by atoms with Gasteiger partial charge < -0.3 is 15.8 Å². The number of hydrogen-bond donors (Lipinski definition) is 2. The lowest BCUT2D eigenvalue weighted by Gasteiger charge is -2.14. The molecule has 1 unspecified atom stereocenters. The van der Waals surface area contributed by atoms with E-state index >= 15 is 0 Å². The first kappa shape index (κ1) is 10.3. The van der Waals surface area contributed by atoms with E-state index in [4.69, 9.17) is 10.5 Å². The van der Waals surface area contributed by atoms with Gasteiger partial charge in [-0.25, -0.2) is 0 Å². The van der Waals surface area contributed by atoms with Crippen LogP contribution in [0.1, 0.15) is 12.0 Å². The molecule has 3 heteroatoms. The van der Waals surface area contributed by atoms with Gasteiger partial charge in [-0.05, 0) is 25.0 Å². The lowest BCUT2D eigenvalue weighted by Crippen LogP contribution is -2.15. The minimum Gasteiger partial charge on any atom is -0.397 e. The topological polar surface area (TPSA) is 47.3 Å². The SMILES string of the molecule is Cc1cccc(N)c1NCC1CCOC1. The first-order chi connectivity index (χ1) is 7.27. The fraction of sp³-hybridized carbons (Fsp3) is 0.500. The number of hydrogen-bond acceptors (Lipinski definition) is 3. The van der Waals surface area contributed by atoms with Gasteiger partial charge in [0.25, 0.3) is 0 Å². The van der Waals surface area contributed by atoms with Gasteiger partial charge in [0, 0.05) is 19.1 Å². The Morgan fingerprint density at radius 2 is 2.40 bits per heavy atom. The average Bonchev–Trinajstić information content (AvgIpc) is 2.70. The van der Waals surface area contributed by atoms with Crippen LogP contribution in [0.2, 0.25) is 0 Å². The normalized spacial score (nSPS) is 20.5. The molecule has 1 aliphatic heterocycles. The molecule has 3 nitrogen and oxygen atoms in total. The smallest absolute Gasteiger partial charge is 0.0603 e. The monoisotopic (exact) mass is 206 g/mol. The van der Waals surface area contributed by atoms with Gasteiger partial charge in [0.1, 0.15) is 0 Å². The van der Waals surface area contributed by atoms with Crippen molar-refractivity contribution in [3.8, 4) is 0 Å². The van der Waals surface area contributed by atoms with Crippen LogP contribution >= 0.6 is 0 Å². The van der Waals surface area contributed by atoms with Crippen molar-refractivity contribution < 1.29 is 4.74 Å². The molecule has 15 heavy (non-hydrogen) atoms. The van der Waals surface area contributed by atoms with E-state index in [0.717, 1.165) is 37.6 Å². The van der Waals surface area contributed by atoms with Crippen LogP contribution in [0.3, 0.4) is 0 Å². The fourth-order valence-electron chi connectivity index (χ4n) is 1.92.